The van der Waals surface area contributed by atoms with E-state index in [0.717, 1.165) is 37.6 Å². The predicted molar refractivity (Wildman–Crippen MR) is 65.9 cm³/mol. The molecule has 1 aliphatic rings. The van der Waals surface area contributed by atoms with Crippen molar-refractivity contribution >= 4 is 11.7 Å². The molecular formula is C12H18N4O. The molecule has 1 aromatic rings. The Balaban J connectivity index is 1.88. The maximum atomic E-state index is 11.5. The summed E-state index contributed by atoms with van der Waals surface area (Å²) in [5.74, 6) is 1.13. The second-order valence-corrected chi connectivity index (χ2v) is 4.42. The normalized spacial score (nSPS) is 15.4. The molecule has 0 N–H and O–H groups in total. The fraction of sp³-hybridized carbons (Fsp3) is 0.583. The van der Waals surface area contributed by atoms with Gasteiger partial charge in [0.1, 0.15) is 5.82 Å². The van der Waals surface area contributed by atoms with Gasteiger partial charge in [0.2, 0.25) is 5.91 Å². The highest BCUT2D eigenvalue weighted by Gasteiger charge is 2.19. The highest BCUT2D eigenvalue weighted by molar-refractivity contribution is 5.78. The van der Waals surface area contributed by atoms with Crippen molar-refractivity contribution in [2.75, 3.05) is 31.6 Å². The number of likely N-dealkylation sites (tertiary alicyclic amines) is 1. The van der Waals surface area contributed by atoms with Gasteiger partial charge in [-0.05, 0) is 13.3 Å². The molecule has 0 atom stereocenters. The molecule has 1 saturated heterocycles. The molecule has 0 saturated carbocycles. The van der Waals surface area contributed by atoms with Crippen LogP contribution in [0.5, 0.6) is 0 Å². The highest BCUT2D eigenvalue weighted by Crippen LogP contribution is 2.11. The number of carbonyl (C=O) groups excluding carboxylic acids is 1. The number of amides is 1. The lowest BCUT2D eigenvalue weighted by molar-refractivity contribution is -0.127. The lowest BCUT2D eigenvalue weighted by atomic mass is 10.4. The average molecular weight is 234 g/mol. The van der Waals surface area contributed by atoms with Crippen molar-refractivity contribution in [2.45, 2.75) is 19.8 Å². The Morgan fingerprint density at radius 1 is 1.47 bits per heavy atom. The Kier molecular flexibility index (Phi) is 3.56. The maximum Gasteiger partial charge on any atom is 0.222 e. The van der Waals surface area contributed by atoms with E-state index in [1.165, 1.54) is 0 Å². The Morgan fingerprint density at radius 3 is 2.94 bits per heavy atom. The maximum absolute atomic E-state index is 11.5. The van der Waals surface area contributed by atoms with E-state index in [1.54, 1.807) is 12.4 Å². The number of likely N-dealkylation sites (N-methyl/N-ethyl adjacent to an activating group) is 1. The van der Waals surface area contributed by atoms with Gasteiger partial charge in [0.25, 0.3) is 0 Å². The smallest absolute Gasteiger partial charge is 0.222 e. The van der Waals surface area contributed by atoms with Gasteiger partial charge in [-0.25, -0.2) is 4.98 Å². The molecule has 1 fully saturated rings. The van der Waals surface area contributed by atoms with Crippen LogP contribution in [0.3, 0.4) is 0 Å². The fourth-order valence-corrected chi connectivity index (χ4v) is 1.96. The van der Waals surface area contributed by atoms with Gasteiger partial charge in [-0.15, -0.1) is 0 Å². The number of hydrogen-bond donors (Lipinski definition) is 0. The van der Waals surface area contributed by atoms with Crippen LogP contribution in [0.1, 0.15) is 18.5 Å². The molecule has 0 unspecified atom stereocenters. The topological polar surface area (TPSA) is 49.3 Å². The molecule has 1 aromatic heterocycles. The first-order chi connectivity index (χ1) is 8.16. The molecule has 0 spiro atoms. The monoisotopic (exact) mass is 234 g/mol. The first kappa shape index (κ1) is 11.8. The van der Waals surface area contributed by atoms with Crippen LogP contribution in [-0.4, -0.2) is 47.5 Å². The molecule has 5 heteroatoms. The number of aryl methyl sites for hydroxylation is 1. The molecule has 1 amide bonds. The summed E-state index contributed by atoms with van der Waals surface area (Å²) < 4.78 is 0. The first-order valence-electron chi connectivity index (χ1n) is 5.94. The van der Waals surface area contributed by atoms with Crippen molar-refractivity contribution in [3.05, 3.63) is 18.1 Å². The molecule has 5 nitrogen and oxygen atoms in total. The van der Waals surface area contributed by atoms with E-state index in [9.17, 15) is 4.79 Å². The van der Waals surface area contributed by atoms with Crippen LogP contribution in [0.4, 0.5) is 5.82 Å². The zero-order valence-electron chi connectivity index (χ0n) is 10.4. The van der Waals surface area contributed by atoms with Crippen LogP contribution in [0, 0.1) is 6.92 Å². The Labute approximate surface area is 101 Å². The van der Waals surface area contributed by atoms with Crippen molar-refractivity contribution in [1.29, 1.82) is 0 Å². The Hall–Kier alpha value is -1.65. The lowest BCUT2D eigenvalue weighted by Gasteiger charge is -2.22. The zero-order valence-corrected chi connectivity index (χ0v) is 10.4. The number of nitrogens with zero attached hydrogens (tertiary/aromatic N) is 4. The Bertz CT molecular complexity index is 407. The lowest BCUT2D eigenvalue weighted by Crippen LogP contribution is -2.34. The number of aromatic nitrogens is 2. The number of hydrogen-bond acceptors (Lipinski definition) is 4. The molecule has 92 valence electrons. The van der Waals surface area contributed by atoms with Crippen molar-refractivity contribution in [3.8, 4) is 0 Å². The van der Waals surface area contributed by atoms with E-state index in [0.29, 0.717) is 6.42 Å². The van der Waals surface area contributed by atoms with Gasteiger partial charge in [-0.2, -0.15) is 0 Å². The predicted octanol–water partition coefficient (Wildman–Crippen LogP) is 0.844. The summed E-state index contributed by atoms with van der Waals surface area (Å²) in [4.78, 5) is 23.9. The molecule has 2 heterocycles. The van der Waals surface area contributed by atoms with Crippen molar-refractivity contribution in [1.82, 2.24) is 14.9 Å². The molecule has 1 aliphatic heterocycles. The van der Waals surface area contributed by atoms with Gasteiger partial charge in [0, 0.05) is 39.3 Å². The van der Waals surface area contributed by atoms with Crippen LogP contribution in [-0.2, 0) is 4.79 Å². The summed E-state index contributed by atoms with van der Waals surface area (Å²) in [5.41, 5.74) is 0.909. The van der Waals surface area contributed by atoms with E-state index < -0.39 is 0 Å². The molecular weight excluding hydrogens is 216 g/mol. The quantitative estimate of drug-likeness (QED) is 0.774. The number of carbonyl (C=O) groups is 1. The summed E-state index contributed by atoms with van der Waals surface area (Å²) in [7, 11) is 1.98. The van der Waals surface area contributed by atoms with Gasteiger partial charge in [-0.3, -0.25) is 9.78 Å². The summed E-state index contributed by atoms with van der Waals surface area (Å²) in [6.45, 7) is 4.38. The second-order valence-electron chi connectivity index (χ2n) is 4.42. The highest BCUT2D eigenvalue weighted by atomic mass is 16.2. The van der Waals surface area contributed by atoms with Gasteiger partial charge >= 0.3 is 0 Å². The minimum Gasteiger partial charge on any atom is -0.357 e. The standard InChI is InChI=1S/C12H18N4O/c1-10-8-13-9-11(14-10)15(2)6-7-16-5-3-4-12(16)17/h8-9H,3-7H2,1-2H3. The third-order valence-electron chi connectivity index (χ3n) is 3.01. The Morgan fingerprint density at radius 2 is 2.29 bits per heavy atom. The van der Waals surface area contributed by atoms with Gasteiger partial charge in [0.15, 0.2) is 0 Å². The second kappa shape index (κ2) is 5.12. The van der Waals surface area contributed by atoms with Gasteiger partial charge < -0.3 is 9.80 Å². The minimum atomic E-state index is 0.272. The fourth-order valence-electron chi connectivity index (χ4n) is 1.96. The summed E-state index contributed by atoms with van der Waals surface area (Å²) >= 11 is 0. The number of rotatable bonds is 4. The summed E-state index contributed by atoms with van der Waals surface area (Å²) in [6.07, 6.45) is 5.18. The van der Waals surface area contributed by atoms with Crippen molar-refractivity contribution < 1.29 is 4.79 Å². The van der Waals surface area contributed by atoms with E-state index in [1.807, 2.05) is 23.8 Å². The van der Waals surface area contributed by atoms with E-state index in [4.69, 9.17) is 0 Å². The van der Waals surface area contributed by atoms with E-state index in [-0.39, 0.29) is 5.91 Å². The minimum absolute atomic E-state index is 0.272. The SMILES string of the molecule is Cc1cncc(N(C)CCN2CCCC2=O)n1. The van der Waals surface area contributed by atoms with Crippen LogP contribution < -0.4 is 4.90 Å². The van der Waals surface area contributed by atoms with Crippen LogP contribution in [0.2, 0.25) is 0 Å². The van der Waals surface area contributed by atoms with Crippen LogP contribution >= 0.6 is 0 Å². The molecule has 0 aromatic carbocycles. The first-order valence-corrected chi connectivity index (χ1v) is 5.94. The molecule has 0 aliphatic carbocycles. The molecule has 0 bridgehead atoms. The average Bonchev–Trinajstić information content (AvgIpc) is 2.72. The van der Waals surface area contributed by atoms with E-state index >= 15 is 0 Å². The van der Waals surface area contributed by atoms with Crippen LogP contribution in [0.25, 0.3) is 0 Å². The summed E-state index contributed by atoms with van der Waals surface area (Å²) in [5, 5.41) is 0. The molecule has 2 rings (SSSR count). The van der Waals surface area contributed by atoms with Gasteiger partial charge in [-0.1, -0.05) is 0 Å². The zero-order chi connectivity index (χ0) is 12.3. The van der Waals surface area contributed by atoms with Crippen LogP contribution in [0.15, 0.2) is 12.4 Å². The van der Waals surface area contributed by atoms with Crippen molar-refractivity contribution in [3.63, 3.8) is 0 Å². The third kappa shape index (κ3) is 2.93. The van der Waals surface area contributed by atoms with Gasteiger partial charge in [0.05, 0.1) is 11.9 Å². The largest absolute Gasteiger partial charge is 0.357 e. The summed E-state index contributed by atoms with van der Waals surface area (Å²) in [6, 6.07) is 0. The molecule has 17 heavy (non-hydrogen) atoms. The third-order valence-corrected chi connectivity index (χ3v) is 3.01. The molecule has 0 radical (unpaired) electrons. The van der Waals surface area contributed by atoms with Crippen molar-refractivity contribution in [2.24, 2.45) is 0 Å². The van der Waals surface area contributed by atoms with E-state index in [2.05, 4.69) is 9.97 Å². The number of anilines is 1.